The highest BCUT2D eigenvalue weighted by atomic mass is 32.2. The quantitative estimate of drug-likeness (QED) is 0.0616. The van der Waals surface area contributed by atoms with Gasteiger partial charge in [-0.25, -0.2) is 25.3 Å². The predicted octanol–water partition coefficient (Wildman–Crippen LogP) is 6.03. The van der Waals surface area contributed by atoms with E-state index in [1.54, 1.807) is 111 Å². The molecule has 0 saturated heterocycles. The van der Waals surface area contributed by atoms with E-state index in [1.807, 2.05) is 65.0 Å². The Morgan fingerprint density at radius 2 is 0.851 bits per heavy atom. The molecule has 23 nitrogen and oxygen atoms in total. The lowest BCUT2D eigenvalue weighted by molar-refractivity contribution is 0.0870. The zero-order chi connectivity index (χ0) is 63.3. The van der Waals surface area contributed by atoms with E-state index in [0.29, 0.717) is 61.8 Å². The molecule has 3 amide bonds. The summed E-state index contributed by atoms with van der Waals surface area (Å²) in [7, 11) is -10.9. The Balaban J connectivity index is 0.000000170. The van der Waals surface area contributed by atoms with Gasteiger partial charge in [0.05, 0.1) is 67.2 Å². The lowest BCUT2D eigenvalue weighted by Crippen LogP contribution is -2.48. The second kappa shape index (κ2) is 25.3. The van der Waals surface area contributed by atoms with Gasteiger partial charge in [0, 0.05) is 16.6 Å². The van der Waals surface area contributed by atoms with E-state index in [2.05, 4.69) is 34.1 Å². The van der Waals surface area contributed by atoms with Crippen LogP contribution in [0.4, 0.5) is 0 Å². The lowest BCUT2D eigenvalue weighted by Gasteiger charge is -2.28. The third-order valence-electron chi connectivity index (χ3n) is 13.2. The Morgan fingerprint density at radius 3 is 1.28 bits per heavy atom. The van der Waals surface area contributed by atoms with Crippen LogP contribution in [0, 0.1) is 6.92 Å². The van der Waals surface area contributed by atoms with Gasteiger partial charge in [-0.1, -0.05) is 84.9 Å². The zero-order valence-corrected chi connectivity index (χ0v) is 51.1. The van der Waals surface area contributed by atoms with E-state index in [9.17, 15) is 44.7 Å². The Kier molecular flexibility index (Phi) is 18.5. The zero-order valence-electron chi connectivity index (χ0n) is 48.6. The first-order valence-corrected chi connectivity index (χ1v) is 31.8. The van der Waals surface area contributed by atoms with Gasteiger partial charge < -0.3 is 52.5 Å². The Morgan fingerprint density at radius 1 is 0.483 bits per heavy atom. The van der Waals surface area contributed by atoms with Crippen molar-refractivity contribution in [2.45, 2.75) is 82.3 Å². The molecule has 0 atom stereocenters. The van der Waals surface area contributed by atoms with E-state index in [4.69, 9.17) is 31.4 Å². The maximum Gasteiger partial charge on any atom is 0.259 e. The fourth-order valence-corrected chi connectivity index (χ4v) is 12.6. The van der Waals surface area contributed by atoms with Crippen LogP contribution in [0.2, 0.25) is 0 Å². The smallest absolute Gasteiger partial charge is 0.259 e. The molecule has 1 aromatic heterocycles. The number of phenolic OH excluding ortho intramolecular Hbond substituents is 1. The SMILES string of the molecule is CC(C)(COc1cccc2c1C(N)=NS(=O)(=O)C2)NC(=O)c1ccccc1.CC(C)(COc1cccc2c1C(N)=NS(=O)(=O)C2)NC(=O)c1ccccc1O.Cc1cc(C(=O)NC(C)(C)COc2cccc3c2C(N)=NS(=O)(=O)C3)c2ccccc2n1. The second-order valence-electron chi connectivity index (χ2n) is 22.6. The average Bonchev–Trinajstić information content (AvgIpc) is 1.72. The highest BCUT2D eigenvalue weighted by Crippen LogP contribution is 2.32. The predicted molar refractivity (Wildman–Crippen MR) is 332 cm³/mol. The molecule has 0 fully saturated rings. The molecule has 10 N–H and O–H groups in total. The fraction of sp³-hybridized carbons (Fsp3) is 0.262. The molecule has 456 valence electrons. The van der Waals surface area contributed by atoms with Crippen LogP contribution in [0.1, 0.15) is 112 Å². The minimum Gasteiger partial charge on any atom is -0.507 e. The number of amides is 3. The van der Waals surface area contributed by atoms with E-state index >= 15 is 0 Å². The van der Waals surface area contributed by atoms with E-state index in [1.165, 1.54) is 12.1 Å². The molecular formula is C61H66N10O13S3. The van der Waals surface area contributed by atoms with Crippen molar-refractivity contribution >= 4 is 76.2 Å². The van der Waals surface area contributed by atoms with Crippen LogP contribution in [-0.4, -0.2) is 107 Å². The minimum atomic E-state index is -3.63. The van der Waals surface area contributed by atoms with Gasteiger partial charge >= 0.3 is 0 Å². The van der Waals surface area contributed by atoms with Crippen molar-refractivity contribution in [1.29, 1.82) is 0 Å². The largest absolute Gasteiger partial charge is 0.507 e. The highest BCUT2D eigenvalue weighted by Gasteiger charge is 2.32. The molecule has 10 rings (SSSR count). The van der Waals surface area contributed by atoms with Gasteiger partial charge in [0.1, 0.15) is 60.3 Å². The number of hydrogen-bond donors (Lipinski definition) is 7. The summed E-state index contributed by atoms with van der Waals surface area (Å²) >= 11 is 0. The molecule has 0 unspecified atom stereocenters. The number of rotatable bonds is 15. The summed E-state index contributed by atoms with van der Waals surface area (Å²) in [6.45, 7) is 13.1. The lowest BCUT2D eigenvalue weighted by atomic mass is 10.0. The molecule has 26 heteroatoms. The Bertz CT molecular complexity index is 4290. The van der Waals surface area contributed by atoms with Crippen LogP contribution >= 0.6 is 0 Å². The van der Waals surface area contributed by atoms with Crippen LogP contribution in [0.5, 0.6) is 23.0 Å². The number of ether oxygens (including phenoxy) is 3. The van der Waals surface area contributed by atoms with Crippen molar-refractivity contribution < 1.29 is 59.0 Å². The number of amidine groups is 3. The summed E-state index contributed by atoms with van der Waals surface area (Å²) in [4.78, 5) is 42.3. The summed E-state index contributed by atoms with van der Waals surface area (Å²) in [6, 6.07) is 39.6. The van der Waals surface area contributed by atoms with Gasteiger partial charge in [0.15, 0.2) is 0 Å². The molecule has 7 aromatic rings. The van der Waals surface area contributed by atoms with Crippen molar-refractivity contribution in [2.24, 2.45) is 30.4 Å². The molecular weight excluding hydrogens is 1180 g/mol. The topological polar surface area (TPSA) is 366 Å². The maximum absolute atomic E-state index is 13.1. The van der Waals surface area contributed by atoms with Gasteiger partial charge in [-0.15, -0.1) is 13.2 Å². The molecule has 3 aliphatic rings. The number of phenols is 1. The van der Waals surface area contributed by atoms with Crippen LogP contribution in [0.15, 0.2) is 153 Å². The van der Waals surface area contributed by atoms with Crippen molar-refractivity contribution in [1.82, 2.24) is 20.9 Å². The summed E-state index contributed by atoms with van der Waals surface area (Å²) in [5.41, 5.74) is 21.2. The van der Waals surface area contributed by atoms with Crippen molar-refractivity contribution in [2.75, 3.05) is 19.8 Å². The van der Waals surface area contributed by atoms with E-state index in [-0.39, 0.29) is 77.7 Å². The third kappa shape index (κ3) is 16.3. The van der Waals surface area contributed by atoms with Gasteiger partial charge in [0.25, 0.3) is 47.8 Å². The van der Waals surface area contributed by atoms with Crippen LogP contribution in [0.3, 0.4) is 0 Å². The Hall–Kier alpha value is -9.40. The van der Waals surface area contributed by atoms with Gasteiger partial charge in [-0.2, -0.15) is 0 Å². The number of aryl methyl sites for hydroxylation is 1. The fourth-order valence-electron chi connectivity index (χ4n) is 9.36. The molecule has 3 aliphatic heterocycles. The second-order valence-corrected chi connectivity index (χ2v) is 27.5. The van der Waals surface area contributed by atoms with E-state index < -0.39 is 52.6 Å². The number of sulfonamides is 3. The van der Waals surface area contributed by atoms with Crippen molar-refractivity contribution in [3.63, 3.8) is 0 Å². The number of hydrogen-bond acceptors (Lipinski definition) is 17. The summed E-state index contributed by atoms with van der Waals surface area (Å²) in [6.07, 6.45) is 0. The van der Waals surface area contributed by atoms with Crippen LogP contribution in [-0.2, 0) is 47.3 Å². The summed E-state index contributed by atoms with van der Waals surface area (Å²) in [5, 5.41) is 19.3. The number of fused-ring (bicyclic) bond motifs is 4. The van der Waals surface area contributed by atoms with Gasteiger partial charge in [-0.3, -0.25) is 19.4 Å². The van der Waals surface area contributed by atoms with Gasteiger partial charge in [-0.05, 0) is 120 Å². The Labute approximate surface area is 504 Å². The molecule has 0 bridgehead atoms. The third-order valence-corrected chi connectivity index (χ3v) is 16.7. The monoisotopic (exact) mass is 1240 g/mol. The van der Waals surface area contributed by atoms with Crippen LogP contribution in [0.25, 0.3) is 10.9 Å². The first-order valence-electron chi connectivity index (χ1n) is 27.0. The average molecular weight is 1240 g/mol. The molecule has 0 saturated carbocycles. The normalized spacial score (nSPS) is 15.2. The number of carbonyl (C=O) groups is 3. The standard InChI is InChI=1S/C23H24N4O4S.C19H21N3O5S.C19H21N3O4S/c1-14-11-17(16-8-4-5-9-18(16)25-14)22(28)26-23(2,3)13-31-19-10-6-7-15-12-32(29,30)27-21(24)20(15)19;1-19(2,21-18(24)13-7-3-4-8-14(13)23)11-27-15-9-5-6-12-10-28(25,26)22-17(20)16(12)15;1-19(2,21-18(23)13-7-4-3-5-8-13)12-26-15-10-6-9-14-11-27(24,25)22-17(20)16(14)15/h4-11H,12-13H2,1-3H3,(H2,24,27)(H,26,28);3-9,23H,10-11H2,1-2H3,(H2,20,22)(H,21,24);3-10H,11-12H2,1-2H3,(H2,20,22)(H,21,23). The number of aromatic hydroxyl groups is 1. The van der Waals surface area contributed by atoms with E-state index in [0.717, 1.165) is 16.6 Å². The first-order chi connectivity index (χ1) is 40.8. The number of nitrogens with zero attached hydrogens (tertiary/aromatic N) is 4. The first kappa shape index (κ1) is 63.6. The molecule has 4 heterocycles. The molecule has 6 aromatic carbocycles. The number of pyridine rings is 1. The number of nitrogens with two attached hydrogens (primary N) is 3. The van der Waals surface area contributed by atoms with Crippen molar-refractivity contribution in [3.05, 3.63) is 195 Å². The number of carbonyl (C=O) groups excluding carboxylic acids is 3. The minimum absolute atomic E-state index is 0.0852. The number of aromatic nitrogens is 1. The van der Waals surface area contributed by atoms with Crippen LogP contribution < -0.4 is 47.4 Å². The maximum atomic E-state index is 13.1. The van der Waals surface area contributed by atoms with Crippen molar-refractivity contribution in [3.8, 4) is 23.0 Å². The van der Waals surface area contributed by atoms with Gasteiger partial charge in [0.2, 0.25) is 0 Å². The number of nitrogens with one attached hydrogen (secondary N) is 3. The molecule has 87 heavy (non-hydrogen) atoms. The number of para-hydroxylation sites is 2. The molecule has 0 radical (unpaired) electrons. The number of benzene rings is 6. The highest BCUT2D eigenvalue weighted by molar-refractivity contribution is 7.90. The molecule has 0 spiro atoms. The molecule has 0 aliphatic carbocycles. The summed E-state index contributed by atoms with van der Waals surface area (Å²) < 4.78 is 99.2. The summed E-state index contributed by atoms with van der Waals surface area (Å²) in [5.74, 6) is -0.720.